The van der Waals surface area contributed by atoms with E-state index in [2.05, 4.69) is 15.9 Å². The van der Waals surface area contributed by atoms with Crippen LogP contribution in [0.1, 0.15) is 10.4 Å². The molecule has 0 aliphatic rings. The Hall–Kier alpha value is -1.11. The van der Waals surface area contributed by atoms with Crippen LogP contribution in [0.4, 0.5) is 0 Å². The third kappa shape index (κ3) is 3.69. The van der Waals surface area contributed by atoms with Crippen LogP contribution in [0.5, 0.6) is 11.5 Å². The summed E-state index contributed by atoms with van der Waals surface area (Å²) in [5.41, 5.74) is 0.371. The third-order valence-corrected chi connectivity index (χ3v) is 2.70. The first-order valence-electron chi connectivity index (χ1n) is 4.75. The molecule has 0 spiro atoms. The van der Waals surface area contributed by atoms with Gasteiger partial charge in [0, 0.05) is 14.2 Å². The molecule has 0 aliphatic heterocycles. The monoisotopic (exact) mass is 304 g/mol. The van der Waals surface area contributed by atoms with Crippen molar-refractivity contribution in [2.45, 2.75) is 0 Å². The molecule has 0 saturated heterocycles. The van der Waals surface area contributed by atoms with Crippen LogP contribution in [-0.2, 0) is 9.47 Å². The SMILES string of the molecule is COCOc1ccc(OCOC)c(C=O)c1Br. The molecule has 0 fully saturated rings. The Bertz CT molecular complexity index is 380. The summed E-state index contributed by atoms with van der Waals surface area (Å²) < 4.78 is 20.6. The van der Waals surface area contributed by atoms with Crippen molar-refractivity contribution in [2.24, 2.45) is 0 Å². The van der Waals surface area contributed by atoms with E-state index < -0.39 is 0 Å². The number of methoxy groups -OCH3 is 2. The summed E-state index contributed by atoms with van der Waals surface area (Å²) >= 11 is 3.28. The minimum absolute atomic E-state index is 0.0750. The molecule has 1 rings (SSSR count). The zero-order valence-electron chi connectivity index (χ0n) is 9.57. The molecule has 0 saturated carbocycles. The van der Waals surface area contributed by atoms with Gasteiger partial charge in [-0.1, -0.05) is 0 Å². The molecule has 1 aromatic carbocycles. The zero-order valence-corrected chi connectivity index (χ0v) is 11.2. The Morgan fingerprint density at radius 2 is 1.65 bits per heavy atom. The lowest BCUT2D eigenvalue weighted by Crippen LogP contribution is -2.04. The Morgan fingerprint density at radius 3 is 2.18 bits per heavy atom. The third-order valence-electron chi connectivity index (χ3n) is 1.89. The van der Waals surface area contributed by atoms with E-state index in [1.165, 1.54) is 14.2 Å². The summed E-state index contributed by atoms with van der Waals surface area (Å²) in [7, 11) is 3.02. The minimum atomic E-state index is 0.0750. The number of benzene rings is 1. The molecular weight excluding hydrogens is 292 g/mol. The van der Waals surface area contributed by atoms with Crippen LogP contribution in [0.3, 0.4) is 0 Å². The van der Waals surface area contributed by atoms with E-state index in [0.717, 1.165) is 0 Å². The average Bonchev–Trinajstić information content (AvgIpc) is 2.35. The number of halogens is 1. The van der Waals surface area contributed by atoms with Gasteiger partial charge in [-0.2, -0.15) is 0 Å². The van der Waals surface area contributed by atoms with Crippen molar-refractivity contribution in [1.29, 1.82) is 0 Å². The topological polar surface area (TPSA) is 54.0 Å². The first kappa shape index (κ1) is 14.0. The van der Waals surface area contributed by atoms with Gasteiger partial charge in [-0.15, -0.1) is 0 Å². The van der Waals surface area contributed by atoms with Crippen molar-refractivity contribution in [3.8, 4) is 11.5 Å². The summed E-state index contributed by atoms with van der Waals surface area (Å²) in [6.07, 6.45) is 0.689. The second-order valence-electron chi connectivity index (χ2n) is 3.01. The van der Waals surface area contributed by atoms with Crippen LogP contribution >= 0.6 is 15.9 Å². The molecule has 0 aliphatic carbocycles. The first-order valence-corrected chi connectivity index (χ1v) is 5.55. The highest BCUT2D eigenvalue weighted by atomic mass is 79.9. The second kappa shape index (κ2) is 7.26. The van der Waals surface area contributed by atoms with E-state index in [1.807, 2.05) is 0 Å². The van der Waals surface area contributed by atoms with E-state index >= 15 is 0 Å². The fourth-order valence-corrected chi connectivity index (χ4v) is 1.68. The summed E-state index contributed by atoms with van der Waals surface area (Å²) in [5.74, 6) is 0.942. The predicted octanol–water partition coefficient (Wildman–Crippen LogP) is 2.23. The predicted molar refractivity (Wildman–Crippen MR) is 64.5 cm³/mol. The fourth-order valence-electron chi connectivity index (χ4n) is 1.15. The van der Waals surface area contributed by atoms with E-state index in [0.29, 0.717) is 27.8 Å². The molecule has 0 atom stereocenters. The number of hydrogen-bond donors (Lipinski definition) is 0. The van der Waals surface area contributed by atoms with Gasteiger partial charge < -0.3 is 18.9 Å². The molecule has 0 N–H and O–H groups in total. The quantitative estimate of drug-likeness (QED) is 0.571. The van der Waals surface area contributed by atoms with Crippen LogP contribution in [0, 0.1) is 0 Å². The molecule has 0 aromatic heterocycles. The lowest BCUT2D eigenvalue weighted by molar-refractivity contribution is 0.0474. The van der Waals surface area contributed by atoms with Crippen molar-refractivity contribution in [3.63, 3.8) is 0 Å². The maximum Gasteiger partial charge on any atom is 0.188 e. The van der Waals surface area contributed by atoms with Crippen molar-refractivity contribution >= 4 is 22.2 Å². The molecule has 6 heteroatoms. The smallest absolute Gasteiger partial charge is 0.188 e. The van der Waals surface area contributed by atoms with Gasteiger partial charge in [0.05, 0.1) is 10.0 Å². The molecule has 0 unspecified atom stereocenters. The Labute approximate surface area is 108 Å². The van der Waals surface area contributed by atoms with Crippen LogP contribution in [0.15, 0.2) is 16.6 Å². The van der Waals surface area contributed by atoms with Crippen LogP contribution in [0.2, 0.25) is 0 Å². The van der Waals surface area contributed by atoms with Gasteiger partial charge in [0.15, 0.2) is 19.9 Å². The number of rotatable bonds is 7. The Balaban J connectivity index is 2.95. The maximum absolute atomic E-state index is 11.0. The van der Waals surface area contributed by atoms with Crippen LogP contribution in [-0.4, -0.2) is 34.1 Å². The van der Waals surface area contributed by atoms with Crippen molar-refractivity contribution in [3.05, 3.63) is 22.2 Å². The number of carbonyl (C=O) groups excluding carboxylic acids is 1. The first-order chi connectivity index (χ1) is 8.24. The van der Waals surface area contributed by atoms with Gasteiger partial charge in [-0.3, -0.25) is 4.79 Å². The van der Waals surface area contributed by atoms with E-state index in [4.69, 9.17) is 18.9 Å². The van der Waals surface area contributed by atoms with Crippen LogP contribution < -0.4 is 9.47 Å². The highest BCUT2D eigenvalue weighted by molar-refractivity contribution is 9.10. The molecule has 0 heterocycles. The van der Waals surface area contributed by atoms with Gasteiger partial charge in [0.1, 0.15) is 11.5 Å². The number of ether oxygens (including phenoxy) is 4. The average molecular weight is 305 g/mol. The van der Waals surface area contributed by atoms with Gasteiger partial charge in [-0.25, -0.2) is 0 Å². The molecule has 94 valence electrons. The van der Waals surface area contributed by atoms with Gasteiger partial charge >= 0.3 is 0 Å². The second-order valence-corrected chi connectivity index (χ2v) is 3.80. The largest absolute Gasteiger partial charge is 0.467 e. The highest BCUT2D eigenvalue weighted by Gasteiger charge is 2.13. The summed E-state index contributed by atoms with van der Waals surface area (Å²) in [4.78, 5) is 11.0. The normalized spacial score (nSPS) is 10.1. The molecule has 0 amide bonds. The fraction of sp³-hybridized carbons (Fsp3) is 0.364. The summed E-state index contributed by atoms with van der Waals surface area (Å²) in [5, 5.41) is 0. The number of hydrogen-bond acceptors (Lipinski definition) is 5. The molecule has 5 nitrogen and oxygen atoms in total. The van der Waals surface area contributed by atoms with Gasteiger partial charge in [-0.05, 0) is 28.1 Å². The molecular formula is C11H13BrO5. The van der Waals surface area contributed by atoms with E-state index in [1.54, 1.807) is 12.1 Å². The maximum atomic E-state index is 11.0. The molecule has 0 bridgehead atoms. The van der Waals surface area contributed by atoms with Gasteiger partial charge in [0.25, 0.3) is 0 Å². The summed E-state index contributed by atoms with van der Waals surface area (Å²) in [6.45, 7) is 0.181. The van der Waals surface area contributed by atoms with Crippen LogP contribution in [0.25, 0.3) is 0 Å². The lowest BCUT2D eigenvalue weighted by Gasteiger charge is -2.12. The Morgan fingerprint density at radius 1 is 1.12 bits per heavy atom. The van der Waals surface area contributed by atoms with Crippen molar-refractivity contribution < 1.29 is 23.7 Å². The summed E-state index contributed by atoms with van der Waals surface area (Å²) in [6, 6.07) is 3.32. The molecule has 1 aromatic rings. The molecule has 0 radical (unpaired) electrons. The van der Waals surface area contributed by atoms with Gasteiger partial charge in [0.2, 0.25) is 0 Å². The van der Waals surface area contributed by atoms with Crippen molar-refractivity contribution in [1.82, 2.24) is 0 Å². The van der Waals surface area contributed by atoms with E-state index in [-0.39, 0.29) is 13.6 Å². The Kier molecular flexibility index (Phi) is 5.96. The number of aldehydes is 1. The van der Waals surface area contributed by atoms with Crippen molar-refractivity contribution in [2.75, 3.05) is 27.8 Å². The lowest BCUT2D eigenvalue weighted by atomic mass is 10.2. The highest BCUT2D eigenvalue weighted by Crippen LogP contribution is 2.34. The minimum Gasteiger partial charge on any atom is -0.467 e. The number of carbonyl (C=O) groups is 1. The zero-order chi connectivity index (χ0) is 12.7. The standard InChI is InChI=1S/C11H13BrO5/c1-14-6-16-9-3-4-10(17-7-15-2)11(12)8(9)5-13/h3-5H,6-7H2,1-2H3. The molecule has 17 heavy (non-hydrogen) atoms. The van der Waals surface area contributed by atoms with E-state index in [9.17, 15) is 4.79 Å².